The molecule has 2 aromatic rings. The smallest absolute Gasteiger partial charge is 0.418 e. The Morgan fingerprint density at radius 1 is 1.18 bits per heavy atom. The lowest BCUT2D eigenvalue weighted by Gasteiger charge is -2.29. The lowest BCUT2D eigenvalue weighted by Crippen LogP contribution is -2.36. The Kier molecular flexibility index (Phi) is 6.14. The third-order valence-corrected chi connectivity index (χ3v) is 5.04. The molecule has 1 heterocycles. The van der Waals surface area contributed by atoms with Gasteiger partial charge in [-0.1, -0.05) is 0 Å². The molecule has 1 fully saturated rings. The highest BCUT2D eigenvalue weighted by Gasteiger charge is 2.35. The van der Waals surface area contributed by atoms with Gasteiger partial charge in [-0.3, -0.25) is 4.79 Å². The van der Waals surface area contributed by atoms with Gasteiger partial charge >= 0.3 is 6.18 Å². The first-order valence-corrected chi connectivity index (χ1v) is 9.27. The molecule has 28 heavy (non-hydrogen) atoms. The lowest BCUT2D eigenvalue weighted by molar-refractivity contribution is -0.136. The number of methoxy groups -OCH3 is 1. The third-order valence-electron chi connectivity index (χ3n) is 4.35. The van der Waals surface area contributed by atoms with Crippen molar-refractivity contribution in [2.24, 2.45) is 0 Å². The Balaban J connectivity index is 1.91. The van der Waals surface area contributed by atoms with E-state index in [0.717, 1.165) is 6.07 Å². The van der Waals surface area contributed by atoms with E-state index in [0.29, 0.717) is 42.2 Å². The fourth-order valence-electron chi connectivity index (χ4n) is 2.89. The zero-order chi connectivity index (χ0) is 20.3. The number of rotatable bonds is 4. The van der Waals surface area contributed by atoms with Crippen LogP contribution in [0.25, 0.3) is 0 Å². The molecule has 0 bridgehead atoms. The maximum absolute atomic E-state index is 13.6. The fourth-order valence-corrected chi connectivity index (χ4v) is 3.32. The summed E-state index contributed by atoms with van der Waals surface area (Å²) in [4.78, 5) is 14.4. The van der Waals surface area contributed by atoms with Gasteiger partial charge in [-0.15, -0.1) is 0 Å². The van der Waals surface area contributed by atoms with Crippen LogP contribution in [0.1, 0.15) is 15.9 Å². The molecular weight excluding hydrogens is 441 g/mol. The van der Waals surface area contributed by atoms with Crippen molar-refractivity contribution in [1.29, 1.82) is 0 Å². The number of hydrogen-bond acceptors (Lipinski definition) is 4. The van der Waals surface area contributed by atoms with Crippen molar-refractivity contribution < 1.29 is 27.4 Å². The summed E-state index contributed by atoms with van der Waals surface area (Å²) in [5.41, 5.74) is -0.589. The van der Waals surface area contributed by atoms with Gasteiger partial charge in [-0.2, -0.15) is 13.2 Å². The molecule has 1 amide bonds. The molecule has 0 radical (unpaired) electrons. The van der Waals surface area contributed by atoms with Crippen LogP contribution in [-0.2, 0) is 10.9 Å². The average Bonchev–Trinajstić information content (AvgIpc) is 2.68. The van der Waals surface area contributed by atoms with Gasteiger partial charge in [0, 0.05) is 23.2 Å². The highest BCUT2D eigenvalue weighted by molar-refractivity contribution is 9.10. The number of nitrogens with zero attached hydrogens (tertiary/aromatic N) is 1. The van der Waals surface area contributed by atoms with Gasteiger partial charge in [0.1, 0.15) is 5.75 Å². The summed E-state index contributed by atoms with van der Waals surface area (Å²) in [6.45, 7) is 1.95. The van der Waals surface area contributed by atoms with Gasteiger partial charge in [-0.25, -0.2) is 0 Å². The Morgan fingerprint density at radius 3 is 2.54 bits per heavy atom. The first-order valence-electron chi connectivity index (χ1n) is 8.48. The molecule has 5 nitrogen and oxygen atoms in total. The number of alkyl halides is 3. The summed E-state index contributed by atoms with van der Waals surface area (Å²) in [6, 6.07) is 8.59. The van der Waals surface area contributed by atoms with E-state index in [9.17, 15) is 18.0 Å². The van der Waals surface area contributed by atoms with Crippen molar-refractivity contribution >= 4 is 33.2 Å². The summed E-state index contributed by atoms with van der Waals surface area (Å²) in [5, 5.41) is 2.37. The highest BCUT2D eigenvalue weighted by Crippen LogP contribution is 2.38. The normalized spacial score (nSPS) is 14.7. The minimum absolute atomic E-state index is 0.171. The molecular formula is C19H18BrF3N2O3. The second-order valence-corrected chi connectivity index (χ2v) is 6.98. The molecule has 1 saturated heterocycles. The van der Waals surface area contributed by atoms with Gasteiger partial charge in [-0.05, 0) is 52.3 Å². The minimum atomic E-state index is -4.61. The monoisotopic (exact) mass is 458 g/mol. The van der Waals surface area contributed by atoms with E-state index in [1.807, 2.05) is 4.90 Å². The van der Waals surface area contributed by atoms with Crippen LogP contribution in [0, 0.1) is 0 Å². The number of hydrogen-bond donors (Lipinski definition) is 1. The van der Waals surface area contributed by atoms with Gasteiger partial charge in [0.2, 0.25) is 0 Å². The number of ether oxygens (including phenoxy) is 2. The third kappa shape index (κ3) is 4.59. The molecule has 0 aliphatic carbocycles. The first-order chi connectivity index (χ1) is 13.3. The second-order valence-electron chi connectivity index (χ2n) is 6.13. The van der Waals surface area contributed by atoms with Crippen molar-refractivity contribution in [2.45, 2.75) is 6.18 Å². The molecule has 0 saturated carbocycles. The predicted octanol–water partition coefficient (Wildman–Crippen LogP) is 4.57. The maximum Gasteiger partial charge on any atom is 0.418 e. The van der Waals surface area contributed by atoms with Crippen LogP contribution in [0.3, 0.4) is 0 Å². The van der Waals surface area contributed by atoms with Crippen molar-refractivity contribution in [3.8, 4) is 5.75 Å². The van der Waals surface area contributed by atoms with Crippen LogP contribution in [0.2, 0.25) is 0 Å². The van der Waals surface area contributed by atoms with Gasteiger partial charge < -0.3 is 19.7 Å². The van der Waals surface area contributed by atoms with Gasteiger partial charge in [0.25, 0.3) is 5.91 Å². The largest absolute Gasteiger partial charge is 0.497 e. The number of benzene rings is 2. The minimum Gasteiger partial charge on any atom is -0.497 e. The topological polar surface area (TPSA) is 50.8 Å². The summed E-state index contributed by atoms with van der Waals surface area (Å²) >= 11 is 3.24. The zero-order valence-corrected chi connectivity index (χ0v) is 16.6. The number of nitrogens with one attached hydrogen (secondary N) is 1. The number of morpholine rings is 1. The molecule has 0 atom stereocenters. The quantitative estimate of drug-likeness (QED) is 0.729. The molecule has 2 aromatic carbocycles. The Labute approximate surface area is 168 Å². The Morgan fingerprint density at radius 2 is 1.89 bits per heavy atom. The van der Waals surface area contributed by atoms with Crippen molar-refractivity contribution in [1.82, 2.24) is 0 Å². The summed E-state index contributed by atoms with van der Waals surface area (Å²) in [7, 11) is 1.44. The van der Waals surface area contributed by atoms with E-state index in [1.54, 1.807) is 18.2 Å². The maximum atomic E-state index is 13.6. The van der Waals surface area contributed by atoms with Crippen LogP contribution >= 0.6 is 15.9 Å². The van der Waals surface area contributed by atoms with Crippen LogP contribution in [-0.4, -0.2) is 39.3 Å². The molecule has 3 rings (SSSR count). The summed E-state index contributed by atoms with van der Waals surface area (Å²) < 4.78 is 51.6. The molecule has 1 aliphatic heterocycles. The number of carbonyl (C=O) groups excluding carboxylic acids is 1. The number of carbonyl (C=O) groups is 1. The van der Waals surface area contributed by atoms with Crippen LogP contribution < -0.4 is 15.0 Å². The van der Waals surface area contributed by atoms with Gasteiger partial charge in [0.05, 0.1) is 37.1 Å². The fraction of sp³-hybridized carbons (Fsp3) is 0.316. The molecule has 0 aromatic heterocycles. The SMILES string of the molecule is COc1ccc(Br)c(C(=O)Nc2ccc(N3CCOCC3)cc2C(F)(F)F)c1. The Hall–Kier alpha value is -2.26. The summed E-state index contributed by atoms with van der Waals surface area (Å²) in [6.07, 6.45) is -4.61. The Bertz CT molecular complexity index is 868. The van der Waals surface area contributed by atoms with Gasteiger partial charge in [0.15, 0.2) is 0 Å². The van der Waals surface area contributed by atoms with E-state index in [2.05, 4.69) is 21.2 Å². The molecule has 1 aliphatic rings. The van der Waals surface area contributed by atoms with E-state index < -0.39 is 17.6 Å². The van der Waals surface area contributed by atoms with E-state index in [1.165, 1.54) is 19.2 Å². The lowest BCUT2D eigenvalue weighted by atomic mass is 10.1. The van der Waals surface area contributed by atoms with Crippen LogP contribution in [0.5, 0.6) is 5.75 Å². The van der Waals surface area contributed by atoms with E-state index in [-0.39, 0.29) is 11.3 Å². The average molecular weight is 459 g/mol. The number of amides is 1. The molecule has 9 heteroatoms. The highest BCUT2D eigenvalue weighted by atomic mass is 79.9. The standard InChI is InChI=1S/C19H18BrF3N2O3/c1-27-13-3-4-16(20)14(11-13)18(26)24-17-5-2-12(10-15(17)19(21,22)23)25-6-8-28-9-7-25/h2-5,10-11H,6-9H2,1H3,(H,24,26). The number of halogens is 4. The second kappa shape index (κ2) is 8.40. The predicted molar refractivity (Wildman–Crippen MR) is 103 cm³/mol. The van der Waals surface area contributed by atoms with E-state index >= 15 is 0 Å². The summed E-state index contributed by atoms with van der Waals surface area (Å²) in [5.74, 6) is -0.248. The molecule has 1 N–H and O–H groups in total. The molecule has 0 spiro atoms. The molecule has 0 unspecified atom stereocenters. The van der Waals surface area contributed by atoms with Crippen molar-refractivity contribution in [2.75, 3.05) is 43.6 Å². The molecule has 150 valence electrons. The van der Waals surface area contributed by atoms with E-state index in [4.69, 9.17) is 9.47 Å². The van der Waals surface area contributed by atoms with Crippen LogP contribution in [0.15, 0.2) is 40.9 Å². The van der Waals surface area contributed by atoms with Crippen LogP contribution in [0.4, 0.5) is 24.5 Å². The zero-order valence-electron chi connectivity index (χ0n) is 15.0. The van der Waals surface area contributed by atoms with Crippen molar-refractivity contribution in [3.63, 3.8) is 0 Å². The van der Waals surface area contributed by atoms with Crippen molar-refractivity contribution in [3.05, 3.63) is 52.0 Å². The first kappa shape index (κ1) is 20.5. The number of anilines is 2.